The van der Waals surface area contributed by atoms with Crippen LogP contribution < -0.4 is 16.2 Å². The lowest BCUT2D eigenvalue weighted by Gasteiger charge is -2.04. The molecular weight excluding hydrogens is 254 g/mol. The molecule has 1 aromatic rings. The van der Waals surface area contributed by atoms with Gasteiger partial charge in [-0.05, 0) is 24.3 Å². The second kappa shape index (κ2) is 6.16. The fourth-order valence-electron chi connectivity index (χ4n) is 1.12. The standard InChI is InChI=1S/C11H13N3O3S/c12-7-1-2-9-3-5-10(6-4-9)18(16,17)14-8-11(13)15/h3-6,14H,7-8,12H2,(H2,13,15). The summed E-state index contributed by atoms with van der Waals surface area (Å²) in [5, 5.41) is 0. The van der Waals surface area contributed by atoms with Crippen LogP contribution in [-0.2, 0) is 14.8 Å². The molecule has 1 aromatic carbocycles. The quantitative estimate of drug-likeness (QED) is 0.592. The van der Waals surface area contributed by atoms with E-state index in [1.165, 1.54) is 12.1 Å². The molecule has 0 aliphatic carbocycles. The van der Waals surface area contributed by atoms with Crippen molar-refractivity contribution in [2.45, 2.75) is 4.90 Å². The van der Waals surface area contributed by atoms with Crippen molar-refractivity contribution in [3.05, 3.63) is 29.8 Å². The Labute approximate surface area is 105 Å². The van der Waals surface area contributed by atoms with Crippen molar-refractivity contribution < 1.29 is 13.2 Å². The summed E-state index contributed by atoms with van der Waals surface area (Å²) in [6.45, 7) is -0.197. The van der Waals surface area contributed by atoms with Crippen molar-refractivity contribution in [3.8, 4) is 11.8 Å². The molecule has 0 spiro atoms. The van der Waals surface area contributed by atoms with Crippen molar-refractivity contribution in [2.75, 3.05) is 13.1 Å². The Morgan fingerprint density at radius 2 is 1.89 bits per heavy atom. The molecule has 1 rings (SSSR count). The van der Waals surface area contributed by atoms with Crippen molar-refractivity contribution >= 4 is 15.9 Å². The van der Waals surface area contributed by atoms with Gasteiger partial charge in [-0.25, -0.2) is 13.1 Å². The van der Waals surface area contributed by atoms with Crippen LogP contribution in [0, 0.1) is 11.8 Å². The summed E-state index contributed by atoms with van der Waals surface area (Å²) in [4.78, 5) is 10.6. The first-order chi connectivity index (χ1) is 8.45. The van der Waals surface area contributed by atoms with E-state index < -0.39 is 22.5 Å². The van der Waals surface area contributed by atoms with E-state index in [0.717, 1.165) is 0 Å². The van der Waals surface area contributed by atoms with Gasteiger partial charge in [-0.15, -0.1) is 0 Å². The molecule has 0 heterocycles. The van der Waals surface area contributed by atoms with Crippen molar-refractivity contribution in [3.63, 3.8) is 0 Å². The van der Waals surface area contributed by atoms with Crippen LogP contribution in [0.15, 0.2) is 29.2 Å². The summed E-state index contributed by atoms with van der Waals surface area (Å²) in [6, 6.07) is 5.90. The first-order valence-corrected chi connectivity index (χ1v) is 6.51. The van der Waals surface area contributed by atoms with Crippen LogP contribution in [0.5, 0.6) is 0 Å². The topological polar surface area (TPSA) is 115 Å². The molecule has 0 unspecified atom stereocenters. The van der Waals surface area contributed by atoms with E-state index in [9.17, 15) is 13.2 Å². The third-order valence-electron chi connectivity index (χ3n) is 1.94. The van der Waals surface area contributed by atoms with Gasteiger partial charge >= 0.3 is 0 Å². The van der Waals surface area contributed by atoms with Gasteiger partial charge in [0.2, 0.25) is 15.9 Å². The molecule has 0 saturated carbocycles. The second-order valence-electron chi connectivity index (χ2n) is 3.32. The molecule has 0 bridgehead atoms. The SMILES string of the molecule is NCC#Cc1ccc(S(=O)(=O)NCC(N)=O)cc1. The molecule has 0 saturated heterocycles. The number of sulfonamides is 1. The third kappa shape index (κ3) is 4.18. The fraction of sp³-hybridized carbons (Fsp3) is 0.182. The van der Waals surface area contributed by atoms with Crippen LogP contribution >= 0.6 is 0 Å². The van der Waals surface area contributed by atoms with Crippen LogP contribution in [0.2, 0.25) is 0 Å². The zero-order valence-corrected chi connectivity index (χ0v) is 10.3. The maximum Gasteiger partial charge on any atom is 0.241 e. The van der Waals surface area contributed by atoms with Gasteiger partial charge in [0.15, 0.2) is 0 Å². The normalized spacial score (nSPS) is 10.5. The molecule has 0 fully saturated rings. The number of amides is 1. The highest BCUT2D eigenvalue weighted by Crippen LogP contribution is 2.09. The van der Waals surface area contributed by atoms with Crippen molar-refractivity contribution in [1.82, 2.24) is 4.72 Å². The molecule has 96 valence electrons. The monoisotopic (exact) mass is 267 g/mol. The third-order valence-corrected chi connectivity index (χ3v) is 3.35. The number of nitrogens with two attached hydrogens (primary N) is 2. The predicted molar refractivity (Wildman–Crippen MR) is 66.8 cm³/mol. The molecule has 0 atom stereocenters. The number of hydrogen-bond donors (Lipinski definition) is 3. The molecular formula is C11H13N3O3S. The van der Waals surface area contributed by atoms with E-state index >= 15 is 0 Å². The lowest BCUT2D eigenvalue weighted by atomic mass is 10.2. The van der Waals surface area contributed by atoms with Gasteiger partial charge in [0, 0.05) is 5.56 Å². The molecule has 0 aliphatic rings. The molecule has 0 aliphatic heterocycles. The minimum absolute atomic E-state index is 0.0436. The number of carbonyl (C=O) groups excluding carboxylic acids is 1. The Bertz CT molecular complexity index is 582. The Balaban J connectivity index is 2.87. The van der Waals surface area contributed by atoms with Gasteiger partial charge in [0.25, 0.3) is 0 Å². The van der Waals surface area contributed by atoms with Crippen molar-refractivity contribution in [2.24, 2.45) is 11.5 Å². The Morgan fingerprint density at radius 3 is 2.39 bits per heavy atom. The molecule has 6 nitrogen and oxygen atoms in total. The number of nitrogens with one attached hydrogen (secondary N) is 1. The lowest BCUT2D eigenvalue weighted by Crippen LogP contribution is -2.33. The van der Waals surface area contributed by atoms with Gasteiger partial charge in [0.1, 0.15) is 0 Å². The van der Waals surface area contributed by atoms with E-state index in [4.69, 9.17) is 11.5 Å². The van der Waals surface area contributed by atoms with E-state index in [0.29, 0.717) is 5.56 Å². The van der Waals surface area contributed by atoms with Crippen LogP contribution in [0.1, 0.15) is 5.56 Å². The highest BCUT2D eigenvalue weighted by Gasteiger charge is 2.13. The fourth-order valence-corrected chi connectivity index (χ4v) is 2.11. The first kappa shape index (κ1) is 14.2. The highest BCUT2D eigenvalue weighted by atomic mass is 32.2. The zero-order valence-electron chi connectivity index (χ0n) is 9.51. The molecule has 18 heavy (non-hydrogen) atoms. The minimum Gasteiger partial charge on any atom is -0.369 e. The molecule has 0 aromatic heterocycles. The van der Waals surface area contributed by atoms with E-state index in [2.05, 4.69) is 16.6 Å². The van der Waals surface area contributed by atoms with Crippen LogP contribution in [0.25, 0.3) is 0 Å². The van der Waals surface area contributed by atoms with E-state index in [1.54, 1.807) is 12.1 Å². The van der Waals surface area contributed by atoms with Crippen LogP contribution in [-0.4, -0.2) is 27.4 Å². The number of rotatable bonds is 4. The summed E-state index contributed by atoms with van der Waals surface area (Å²) >= 11 is 0. The minimum atomic E-state index is -3.72. The van der Waals surface area contributed by atoms with E-state index in [1.807, 2.05) is 0 Å². The Morgan fingerprint density at radius 1 is 1.28 bits per heavy atom. The van der Waals surface area contributed by atoms with Crippen LogP contribution in [0.3, 0.4) is 0 Å². The van der Waals surface area contributed by atoms with Crippen LogP contribution in [0.4, 0.5) is 0 Å². The Hall–Kier alpha value is -1.88. The molecule has 0 radical (unpaired) electrons. The molecule has 7 heteroatoms. The summed E-state index contributed by atoms with van der Waals surface area (Å²) < 4.78 is 25.5. The molecule has 5 N–H and O–H groups in total. The van der Waals surface area contributed by atoms with Gasteiger partial charge < -0.3 is 11.5 Å². The van der Waals surface area contributed by atoms with Crippen molar-refractivity contribution in [1.29, 1.82) is 0 Å². The summed E-state index contributed by atoms with van der Waals surface area (Å²) in [5.41, 5.74) is 10.7. The summed E-state index contributed by atoms with van der Waals surface area (Å²) in [6.07, 6.45) is 0. The highest BCUT2D eigenvalue weighted by molar-refractivity contribution is 7.89. The maximum atomic E-state index is 11.7. The smallest absolute Gasteiger partial charge is 0.241 e. The molecule has 1 amide bonds. The maximum absolute atomic E-state index is 11.7. The number of carbonyl (C=O) groups is 1. The number of primary amides is 1. The average Bonchev–Trinajstić information content (AvgIpc) is 2.34. The average molecular weight is 267 g/mol. The second-order valence-corrected chi connectivity index (χ2v) is 5.09. The number of benzene rings is 1. The largest absolute Gasteiger partial charge is 0.369 e. The van der Waals surface area contributed by atoms with Gasteiger partial charge in [-0.3, -0.25) is 4.79 Å². The Kier molecular flexibility index (Phi) is 4.85. The predicted octanol–water partition coefficient (Wildman–Crippen LogP) is -1.24. The first-order valence-electron chi connectivity index (χ1n) is 5.02. The lowest BCUT2D eigenvalue weighted by molar-refractivity contribution is -0.116. The zero-order chi connectivity index (χ0) is 13.6. The van der Waals surface area contributed by atoms with Gasteiger partial charge in [-0.2, -0.15) is 0 Å². The summed E-state index contributed by atoms with van der Waals surface area (Å²) in [5.74, 6) is 4.68. The summed E-state index contributed by atoms with van der Waals surface area (Å²) in [7, 11) is -3.72. The van der Waals surface area contributed by atoms with Gasteiger partial charge in [-0.1, -0.05) is 11.8 Å². The number of hydrogen-bond acceptors (Lipinski definition) is 4. The van der Waals surface area contributed by atoms with Gasteiger partial charge in [0.05, 0.1) is 18.0 Å². The van der Waals surface area contributed by atoms with E-state index in [-0.39, 0.29) is 11.4 Å².